The van der Waals surface area contributed by atoms with Gasteiger partial charge in [0.1, 0.15) is 0 Å². The quantitative estimate of drug-likeness (QED) is 0.851. The summed E-state index contributed by atoms with van der Waals surface area (Å²) in [7, 11) is -3.14. The van der Waals surface area contributed by atoms with Gasteiger partial charge in [0, 0.05) is 30.7 Å². The fourth-order valence-corrected chi connectivity index (χ4v) is 5.07. The van der Waals surface area contributed by atoms with Crippen LogP contribution in [0.2, 0.25) is 0 Å². The highest BCUT2D eigenvalue weighted by Gasteiger charge is 2.69. The largest absolute Gasteiger partial charge is 0.381 e. The lowest BCUT2D eigenvalue weighted by molar-refractivity contribution is 0.101. The van der Waals surface area contributed by atoms with Gasteiger partial charge < -0.3 is 10.5 Å². The van der Waals surface area contributed by atoms with Crippen LogP contribution in [0.25, 0.3) is 0 Å². The molecule has 0 saturated heterocycles. The van der Waals surface area contributed by atoms with Crippen molar-refractivity contribution in [3.8, 4) is 0 Å². The summed E-state index contributed by atoms with van der Waals surface area (Å²) in [6, 6.07) is 9.70. The maximum atomic E-state index is 12.0. The monoisotopic (exact) mass is 283 g/mol. The molecule has 0 heterocycles. The lowest BCUT2D eigenvalue weighted by Crippen LogP contribution is -2.28. The van der Waals surface area contributed by atoms with Gasteiger partial charge in [0.05, 0.1) is 11.9 Å². The molecular weight excluding hydrogens is 262 g/mol. The number of benzene rings is 1. The second kappa shape index (κ2) is 5.23. The molecule has 2 N–H and O–H groups in total. The van der Waals surface area contributed by atoms with Gasteiger partial charge in [-0.25, -0.2) is 8.42 Å². The normalized spacial score (nSPS) is 30.3. The molecule has 1 saturated carbocycles. The lowest BCUT2D eigenvalue weighted by Gasteiger charge is -2.15. The smallest absolute Gasteiger partial charge is 0.151 e. The molecule has 1 aromatic rings. The minimum absolute atomic E-state index is 0.0553. The van der Waals surface area contributed by atoms with Crippen LogP contribution in [0.3, 0.4) is 0 Å². The standard InChI is InChI=1S/C14H21NO3S/c1-3-18-10-14(9-15)12(13(14)19(2,16)17)11-7-5-4-6-8-11/h4-8,12-13H,3,9-10,15H2,1-2H3/t12-,13+,14-/m1/s1. The molecule has 2 rings (SSSR count). The predicted molar refractivity (Wildman–Crippen MR) is 75.8 cm³/mol. The first-order valence-electron chi connectivity index (χ1n) is 6.49. The van der Waals surface area contributed by atoms with Crippen LogP contribution in [0.5, 0.6) is 0 Å². The van der Waals surface area contributed by atoms with Crippen molar-refractivity contribution in [2.45, 2.75) is 18.1 Å². The number of nitrogens with two attached hydrogens (primary N) is 1. The van der Waals surface area contributed by atoms with Crippen molar-refractivity contribution in [3.63, 3.8) is 0 Å². The number of hydrogen-bond acceptors (Lipinski definition) is 4. The summed E-state index contributed by atoms with van der Waals surface area (Å²) in [5, 5.41) is -0.432. The van der Waals surface area contributed by atoms with Crippen molar-refractivity contribution >= 4 is 9.84 Å². The lowest BCUT2D eigenvalue weighted by atomic mass is 10.0. The second-order valence-electron chi connectivity index (χ2n) is 5.21. The first-order chi connectivity index (χ1) is 8.97. The molecule has 19 heavy (non-hydrogen) atoms. The van der Waals surface area contributed by atoms with Gasteiger partial charge in [-0.1, -0.05) is 30.3 Å². The molecule has 0 spiro atoms. The Kier molecular flexibility index (Phi) is 3.99. The first kappa shape index (κ1) is 14.5. The molecule has 0 bridgehead atoms. The minimum Gasteiger partial charge on any atom is -0.381 e. The Labute approximate surface area is 114 Å². The third kappa shape index (κ3) is 2.55. The number of rotatable bonds is 6. The van der Waals surface area contributed by atoms with Crippen LogP contribution < -0.4 is 5.73 Å². The van der Waals surface area contributed by atoms with Crippen LogP contribution in [0.1, 0.15) is 18.4 Å². The molecule has 106 valence electrons. The fourth-order valence-electron chi connectivity index (χ4n) is 3.06. The summed E-state index contributed by atoms with van der Waals surface area (Å²) >= 11 is 0. The van der Waals surface area contributed by atoms with E-state index in [1.165, 1.54) is 6.26 Å². The molecule has 1 aliphatic carbocycles. The highest BCUT2D eigenvalue weighted by Crippen LogP contribution is 2.62. The summed E-state index contributed by atoms with van der Waals surface area (Å²) in [5.74, 6) is -0.0553. The summed E-state index contributed by atoms with van der Waals surface area (Å²) in [6.45, 7) is 3.20. The fraction of sp³-hybridized carbons (Fsp3) is 0.571. The van der Waals surface area contributed by atoms with Crippen molar-refractivity contribution in [1.29, 1.82) is 0 Å². The van der Waals surface area contributed by atoms with E-state index in [1.807, 2.05) is 37.3 Å². The summed E-state index contributed by atoms with van der Waals surface area (Å²) in [6.07, 6.45) is 1.29. The Hall–Kier alpha value is -0.910. The number of ether oxygens (including phenoxy) is 1. The zero-order chi connectivity index (χ0) is 14.1. The molecule has 0 unspecified atom stereocenters. The van der Waals surface area contributed by atoms with Gasteiger partial charge in [0.15, 0.2) is 9.84 Å². The zero-order valence-corrected chi connectivity index (χ0v) is 12.2. The van der Waals surface area contributed by atoms with Crippen LogP contribution >= 0.6 is 0 Å². The van der Waals surface area contributed by atoms with E-state index in [0.717, 1.165) is 5.56 Å². The van der Waals surface area contributed by atoms with Crippen LogP contribution in [0.15, 0.2) is 30.3 Å². The van der Waals surface area contributed by atoms with Gasteiger partial charge in [0.2, 0.25) is 0 Å². The van der Waals surface area contributed by atoms with Gasteiger partial charge >= 0.3 is 0 Å². The van der Waals surface area contributed by atoms with E-state index >= 15 is 0 Å². The maximum Gasteiger partial charge on any atom is 0.151 e. The van der Waals surface area contributed by atoms with Gasteiger partial charge in [-0.3, -0.25) is 0 Å². The van der Waals surface area contributed by atoms with Crippen LogP contribution in [0, 0.1) is 5.41 Å². The molecule has 1 aliphatic rings. The minimum atomic E-state index is -3.14. The Balaban J connectivity index is 2.35. The molecule has 0 aromatic heterocycles. The molecule has 1 fully saturated rings. The third-order valence-corrected chi connectivity index (χ3v) is 5.62. The Bertz CT molecular complexity index is 529. The summed E-state index contributed by atoms with van der Waals surface area (Å²) < 4.78 is 29.5. The van der Waals surface area contributed by atoms with Gasteiger partial charge in [-0.2, -0.15) is 0 Å². The molecule has 0 aliphatic heterocycles. The number of sulfone groups is 1. The first-order valence-corrected chi connectivity index (χ1v) is 8.44. The third-order valence-electron chi connectivity index (χ3n) is 3.95. The van der Waals surface area contributed by atoms with Crippen LogP contribution in [0.4, 0.5) is 0 Å². The zero-order valence-electron chi connectivity index (χ0n) is 11.4. The predicted octanol–water partition coefficient (Wildman–Crippen LogP) is 1.18. The van der Waals surface area contributed by atoms with E-state index in [0.29, 0.717) is 19.8 Å². The molecule has 0 radical (unpaired) electrons. The molecular formula is C14H21NO3S. The molecule has 1 aromatic carbocycles. The summed E-state index contributed by atoms with van der Waals surface area (Å²) in [4.78, 5) is 0. The molecule has 4 nitrogen and oxygen atoms in total. The van der Waals surface area contributed by atoms with Gasteiger partial charge in [-0.15, -0.1) is 0 Å². The summed E-state index contributed by atoms with van der Waals surface area (Å²) in [5.41, 5.74) is 6.44. The van der Waals surface area contributed by atoms with Crippen molar-refractivity contribution < 1.29 is 13.2 Å². The van der Waals surface area contributed by atoms with E-state index in [2.05, 4.69) is 0 Å². The van der Waals surface area contributed by atoms with E-state index < -0.39 is 20.5 Å². The van der Waals surface area contributed by atoms with E-state index in [9.17, 15) is 8.42 Å². The highest BCUT2D eigenvalue weighted by atomic mass is 32.2. The van der Waals surface area contributed by atoms with E-state index in [4.69, 9.17) is 10.5 Å². The SMILES string of the molecule is CCOC[C@]1(CN)[C@H](c2ccccc2)[C@@H]1S(C)(=O)=O. The maximum absolute atomic E-state index is 12.0. The molecule has 3 atom stereocenters. The van der Waals surface area contributed by atoms with Gasteiger partial charge in [0.25, 0.3) is 0 Å². The molecule has 0 amide bonds. The van der Waals surface area contributed by atoms with Crippen molar-refractivity contribution in [2.24, 2.45) is 11.1 Å². The van der Waals surface area contributed by atoms with Crippen molar-refractivity contribution in [2.75, 3.05) is 26.0 Å². The molecule has 5 heteroatoms. The van der Waals surface area contributed by atoms with Gasteiger partial charge in [-0.05, 0) is 12.5 Å². The number of hydrogen-bond donors (Lipinski definition) is 1. The Morgan fingerprint density at radius 3 is 2.42 bits per heavy atom. The Morgan fingerprint density at radius 1 is 1.32 bits per heavy atom. The van der Waals surface area contributed by atoms with Crippen LogP contribution in [-0.4, -0.2) is 39.7 Å². The average Bonchev–Trinajstić information content (AvgIpc) is 3.07. The highest BCUT2D eigenvalue weighted by molar-refractivity contribution is 7.91. The van der Waals surface area contributed by atoms with E-state index in [1.54, 1.807) is 0 Å². The van der Waals surface area contributed by atoms with E-state index in [-0.39, 0.29) is 5.92 Å². The average molecular weight is 283 g/mol. The van der Waals surface area contributed by atoms with Crippen molar-refractivity contribution in [1.82, 2.24) is 0 Å². The van der Waals surface area contributed by atoms with Crippen LogP contribution in [-0.2, 0) is 14.6 Å². The van der Waals surface area contributed by atoms with Crippen molar-refractivity contribution in [3.05, 3.63) is 35.9 Å². The Morgan fingerprint density at radius 2 is 1.95 bits per heavy atom. The second-order valence-corrected chi connectivity index (χ2v) is 7.38. The topological polar surface area (TPSA) is 69.4 Å².